The third kappa shape index (κ3) is 2.03. The molecule has 0 aliphatic rings. The number of hydrogen-bond acceptors (Lipinski definition) is 4. The van der Waals surface area contributed by atoms with Crippen LogP contribution in [-0.4, -0.2) is 22.2 Å². The number of rotatable bonds is 3. The molecule has 0 spiro atoms. The zero-order valence-electron chi connectivity index (χ0n) is 11.9. The van der Waals surface area contributed by atoms with Gasteiger partial charge < -0.3 is 14.2 Å². The van der Waals surface area contributed by atoms with Crippen LogP contribution in [0.15, 0.2) is 59.3 Å². The Kier molecular flexibility index (Phi) is 2.89. The van der Waals surface area contributed by atoms with Crippen LogP contribution in [0.3, 0.4) is 0 Å². The Morgan fingerprint density at radius 1 is 1.09 bits per heavy atom. The molecular weight excluding hydrogens is 278 g/mol. The van der Waals surface area contributed by atoms with Gasteiger partial charge in [0.1, 0.15) is 5.75 Å². The number of ether oxygens (including phenoxy) is 1. The van der Waals surface area contributed by atoms with Crippen LogP contribution in [0.4, 0.5) is 0 Å². The Labute approximate surface area is 126 Å². The summed E-state index contributed by atoms with van der Waals surface area (Å²) in [5.74, 6) is 1.80. The molecule has 4 aromatic rings. The van der Waals surface area contributed by atoms with Gasteiger partial charge in [-0.05, 0) is 18.2 Å². The van der Waals surface area contributed by atoms with Crippen molar-refractivity contribution in [2.75, 3.05) is 7.11 Å². The molecule has 0 aliphatic heterocycles. The van der Waals surface area contributed by atoms with E-state index >= 15 is 0 Å². The molecule has 0 unspecified atom stereocenters. The minimum atomic E-state index is 0.496. The van der Waals surface area contributed by atoms with E-state index in [-0.39, 0.29) is 0 Å². The molecular formula is C17H13N3O2. The van der Waals surface area contributed by atoms with Crippen LogP contribution in [0, 0.1) is 0 Å². The monoisotopic (exact) mass is 291 g/mol. The summed E-state index contributed by atoms with van der Waals surface area (Å²) in [5, 5.41) is 5.13. The molecule has 0 atom stereocenters. The van der Waals surface area contributed by atoms with Crippen molar-refractivity contribution in [3.63, 3.8) is 0 Å². The lowest BCUT2D eigenvalue weighted by molar-refractivity contribution is 0.414. The molecule has 0 radical (unpaired) electrons. The highest BCUT2D eigenvalue weighted by Crippen LogP contribution is 2.29. The molecule has 0 fully saturated rings. The van der Waals surface area contributed by atoms with Gasteiger partial charge in [0.2, 0.25) is 5.82 Å². The lowest BCUT2D eigenvalue weighted by Gasteiger charge is -1.99. The lowest BCUT2D eigenvalue weighted by atomic mass is 10.2. The highest BCUT2D eigenvalue weighted by Gasteiger charge is 2.14. The van der Waals surface area contributed by atoms with Crippen molar-refractivity contribution >= 4 is 10.9 Å². The van der Waals surface area contributed by atoms with Crippen molar-refractivity contribution in [3.8, 4) is 28.6 Å². The highest BCUT2D eigenvalue weighted by atomic mass is 16.5. The van der Waals surface area contributed by atoms with Gasteiger partial charge in [-0.2, -0.15) is 4.98 Å². The minimum Gasteiger partial charge on any atom is -0.497 e. The second kappa shape index (κ2) is 5.04. The number of aromatic nitrogens is 3. The quantitative estimate of drug-likeness (QED) is 0.622. The van der Waals surface area contributed by atoms with Gasteiger partial charge in [-0.3, -0.25) is 0 Å². The van der Waals surface area contributed by atoms with E-state index in [1.165, 1.54) is 0 Å². The number of para-hydroxylation sites is 1. The maximum Gasteiger partial charge on any atom is 0.260 e. The number of nitrogens with one attached hydrogen (secondary N) is 1. The van der Waals surface area contributed by atoms with E-state index in [4.69, 9.17) is 9.26 Å². The predicted octanol–water partition coefficient (Wildman–Crippen LogP) is 3.89. The normalized spacial score (nSPS) is 11.0. The summed E-state index contributed by atoms with van der Waals surface area (Å²) < 4.78 is 10.6. The van der Waals surface area contributed by atoms with E-state index in [2.05, 4.69) is 15.1 Å². The number of H-pyrrole nitrogens is 1. The molecule has 22 heavy (non-hydrogen) atoms. The van der Waals surface area contributed by atoms with Gasteiger partial charge in [0.15, 0.2) is 0 Å². The summed E-state index contributed by atoms with van der Waals surface area (Å²) in [4.78, 5) is 7.70. The lowest BCUT2D eigenvalue weighted by Crippen LogP contribution is -1.85. The molecule has 2 heterocycles. The van der Waals surface area contributed by atoms with Crippen LogP contribution in [0.2, 0.25) is 0 Å². The summed E-state index contributed by atoms with van der Waals surface area (Å²) in [6, 6.07) is 15.6. The van der Waals surface area contributed by atoms with Crippen LogP contribution in [0.25, 0.3) is 33.7 Å². The van der Waals surface area contributed by atoms with Crippen LogP contribution >= 0.6 is 0 Å². The summed E-state index contributed by atoms with van der Waals surface area (Å²) >= 11 is 0. The third-order valence-electron chi connectivity index (χ3n) is 3.57. The standard InChI is InChI=1S/C17H13N3O2/c1-21-12-6-4-5-11(9-12)16-19-17(22-20-16)14-10-18-15-8-3-2-7-13(14)15/h2-10,18H,1H3. The molecule has 2 aromatic heterocycles. The first kappa shape index (κ1) is 12.6. The highest BCUT2D eigenvalue weighted by molar-refractivity contribution is 5.93. The van der Waals surface area contributed by atoms with Crippen molar-refractivity contribution < 1.29 is 9.26 Å². The Morgan fingerprint density at radius 2 is 2.00 bits per heavy atom. The van der Waals surface area contributed by atoms with Crippen molar-refractivity contribution in [1.82, 2.24) is 15.1 Å². The topological polar surface area (TPSA) is 63.9 Å². The minimum absolute atomic E-state index is 0.496. The van der Waals surface area contributed by atoms with Crippen LogP contribution in [-0.2, 0) is 0 Å². The van der Waals surface area contributed by atoms with Gasteiger partial charge in [0.05, 0.1) is 12.7 Å². The summed E-state index contributed by atoms with van der Waals surface area (Å²) in [7, 11) is 1.63. The van der Waals surface area contributed by atoms with Crippen molar-refractivity contribution in [2.24, 2.45) is 0 Å². The van der Waals surface area contributed by atoms with Crippen molar-refractivity contribution in [3.05, 3.63) is 54.7 Å². The average molecular weight is 291 g/mol. The van der Waals surface area contributed by atoms with Gasteiger partial charge in [0, 0.05) is 22.7 Å². The molecule has 108 valence electrons. The molecule has 5 heteroatoms. The number of hydrogen-bond donors (Lipinski definition) is 1. The number of nitrogens with zero attached hydrogens (tertiary/aromatic N) is 2. The van der Waals surface area contributed by atoms with Gasteiger partial charge in [-0.25, -0.2) is 0 Å². The zero-order valence-corrected chi connectivity index (χ0v) is 11.9. The van der Waals surface area contributed by atoms with Crippen LogP contribution in [0.5, 0.6) is 5.75 Å². The summed E-state index contributed by atoms with van der Waals surface area (Å²) in [5.41, 5.74) is 2.80. The predicted molar refractivity (Wildman–Crippen MR) is 83.6 cm³/mol. The third-order valence-corrected chi connectivity index (χ3v) is 3.57. The van der Waals surface area contributed by atoms with E-state index in [1.807, 2.05) is 54.7 Å². The fourth-order valence-corrected chi connectivity index (χ4v) is 2.46. The Balaban J connectivity index is 1.78. The van der Waals surface area contributed by atoms with E-state index in [1.54, 1.807) is 7.11 Å². The average Bonchev–Trinajstić information content (AvgIpc) is 3.21. The van der Waals surface area contributed by atoms with E-state index in [0.717, 1.165) is 27.8 Å². The van der Waals surface area contributed by atoms with Gasteiger partial charge in [0.25, 0.3) is 5.89 Å². The maximum absolute atomic E-state index is 5.42. The molecule has 1 N–H and O–H groups in total. The second-order valence-corrected chi connectivity index (χ2v) is 4.90. The van der Waals surface area contributed by atoms with Gasteiger partial charge in [-0.15, -0.1) is 0 Å². The molecule has 0 bridgehead atoms. The Bertz CT molecular complexity index is 940. The number of aromatic amines is 1. The fourth-order valence-electron chi connectivity index (χ4n) is 2.46. The summed E-state index contributed by atoms with van der Waals surface area (Å²) in [6.45, 7) is 0. The molecule has 0 aliphatic carbocycles. The molecule has 0 saturated heterocycles. The van der Waals surface area contributed by atoms with Crippen LogP contribution < -0.4 is 4.74 Å². The Hall–Kier alpha value is -3.08. The van der Waals surface area contributed by atoms with Crippen LogP contribution in [0.1, 0.15) is 0 Å². The van der Waals surface area contributed by atoms with Gasteiger partial charge in [-0.1, -0.05) is 35.5 Å². The number of methoxy groups -OCH3 is 1. The van der Waals surface area contributed by atoms with Gasteiger partial charge >= 0.3 is 0 Å². The zero-order chi connectivity index (χ0) is 14.9. The number of benzene rings is 2. The molecule has 5 nitrogen and oxygen atoms in total. The first-order valence-corrected chi connectivity index (χ1v) is 6.90. The summed E-state index contributed by atoms with van der Waals surface area (Å²) in [6.07, 6.45) is 1.88. The largest absolute Gasteiger partial charge is 0.497 e. The van der Waals surface area contributed by atoms with E-state index in [9.17, 15) is 0 Å². The molecule has 2 aromatic carbocycles. The van der Waals surface area contributed by atoms with Crippen molar-refractivity contribution in [1.29, 1.82) is 0 Å². The first-order valence-electron chi connectivity index (χ1n) is 6.90. The second-order valence-electron chi connectivity index (χ2n) is 4.90. The first-order chi connectivity index (χ1) is 10.8. The SMILES string of the molecule is COc1cccc(-c2noc(-c3c[nH]c4ccccc34)n2)c1. The number of fused-ring (bicyclic) bond motifs is 1. The van der Waals surface area contributed by atoms with Crippen molar-refractivity contribution in [2.45, 2.75) is 0 Å². The molecule has 0 saturated carbocycles. The maximum atomic E-state index is 5.42. The molecule has 4 rings (SSSR count). The Morgan fingerprint density at radius 3 is 2.91 bits per heavy atom. The smallest absolute Gasteiger partial charge is 0.260 e. The molecule has 0 amide bonds. The van der Waals surface area contributed by atoms with E-state index < -0.39 is 0 Å². The fraction of sp³-hybridized carbons (Fsp3) is 0.0588. The van der Waals surface area contributed by atoms with E-state index in [0.29, 0.717) is 11.7 Å².